The predicted octanol–water partition coefficient (Wildman–Crippen LogP) is 6.54. The number of rotatable bonds is 7. The number of fused-ring (bicyclic) bond motifs is 1. The summed E-state index contributed by atoms with van der Waals surface area (Å²) in [6, 6.07) is 28.0. The van der Waals surface area contributed by atoms with Crippen LogP contribution >= 0.6 is 15.9 Å². The Morgan fingerprint density at radius 3 is 2.55 bits per heavy atom. The number of anilines is 2. The largest absolute Gasteiger partial charge is 0.483 e. The van der Waals surface area contributed by atoms with Crippen LogP contribution in [-0.4, -0.2) is 12.5 Å². The van der Waals surface area contributed by atoms with E-state index in [1.54, 1.807) is 0 Å². The van der Waals surface area contributed by atoms with Crippen molar-refractivity contribution in [2.24, 2.45) is 0 Å². The average molecular weight is 475 g/mol. The average Bonchev–Trinajstić information content (AvgIpc) is 2.78. The van der Waals surface area contributed by atoms with E-state index in [1.807, 2.05) is 67.6 Å². The lowest BCUT2D eigenvalue weighted by Crippen LogP contribution is -2.20. The van der Waals surface area contributed by atoms with Gasteiger partial charge in [-0.2, -0.15) is 0 Å². The molecule has 0 radical (unpaired) electrons. The van der Waals surface area contributed by atoms with E-state index in [1.165, 1.54) is 10.8 Å². The number of nitrogens with one attached hydrogen (secondary N) is 2. The Morgan fingerprint density at radius 2 is 1.71 bits per heavy atom. The Hall–Kier alpha value is -3.31. The molecule has 0 aromatic heterocycles. The van der Waals surface area contributed by atoms with Gasteiger partial charge in [-0.3, -0.25) is 4.79 Å². The van der Waals surface area contributed by atoms with Crippen molar-refractivity contribution in [3.63, 3.8) is 0 Å². The number of benzene rings is 4. The first-order chi connectivity index (χ1) is 15.1. The minimum Gasteiger partial charge on any atom is -0.483 e. The van der Waals surface area contributed by atoms with Crippen LogP contribution < -0.4 is 15.4 Å². The molecule has 0 aliphatic rings. The van der Waals surface area contributed by atoms with Gasteiger partial charge in [0.1, 0.15) is 5.75 Å². The summed E-state index contributed by atoms with van der Waals surface area (Å²) in [5, 5.41) is 8.72. The minimum absolute atomic E-state index is 0.0588. The molecule has 0 atom stereocenters. The summed E-state index contributed by atoms with van der Waals surface area (Å²) in [7, 11) is 0. The van der Waals surface area contributed by atoms with Gasteiger partial charge < -0.3 is 15.4 Å². The molecule has 4 nitrogen and oxygen atoms in total. The van der Waals surface area contributed by atoms with Crippen molar-refractivity contribution in [3.05, 3.63) is 101 Å². The summed E-state index contributed by atoms with van der Waals surface area (Å²) < 4.78 is 6.81. The highest BCUT2D eigenvalue weighted by Crippen LogP contribution is 2.27. The fourth-order valence-electron chi connectivity index (χ4n) is 3.37. The number of carbonyl (C=O) groups is 1. The Morgan fingerprint density at radius 1 is 0.935 bits per heavy atom. The van der Waals surface area contributed by atoms with E-state index in [4.69, 9.17) is 4.74 Å². The molecular formula is C26H23BrN2O2. The van der Waals surface area contributed by atoms with Gasteiger partial charge in [0.25, 0.3) is 5.91 Å². The maximum Gasteiger partial charge on any atom is 0.262 e. The zero-order valence-corrected chi connectivity index (χ0v) is 18.8. The van der Waals surface area contributed by atoms with Crippen molar-refractivity contribution in [2.75, 3.05) is 17.2 Å². The topological polar surface area (TPSA) is 50.4 Å². The van der Waals surface area contributed by atoms with Crippen molar-refractivity contribution in [2.45, 2.75) is 13.5 Å². The molecule has 0 fully saturated rings. The van der Waals surface area contributed by atoms with Gasteiger partial charge in [0.15, 0.2) is 6.61 Å². The third kappa shape index (κ3) is 5.44. The molecule has 0 saturated heterocycles. The molecule has 156 valence electrons. The van der Waals surface area contributed by atoms with E-state index in [0.29, 0.717) is 12.3 Å². The highest BCUT2D eigenvalue weighted by molar-refractivity contribution is 9.10. The second kappa shape index (κ2) is 9.67. The van der Waals surface area contributed by atoms with Crippen molar-refractivity contribution < 1.29 is 9.53 Å². The van der Waals surface area contributed by atoms with Gasteiger partial charge in [0.2, 0.25) is 0 Å². The van der Waals surface area contributed by atoms with Crippen LogP contribution in [0.4, 0.5) is 11.4 Å². The number of amides is 1. The third-order valence-corrected chi connectivity index (χ3v) is 5.47. The van der Waals surface area contributed by atoms with Crippen molar-refractivity contribution in [3.8, 4) is 5.75 Å². The standard InChI is InChI=1S/C26H23BrN2O2/c1-18-9-12-22(13-10-18)29-26(30)17-31-25-14-11-21(27)15-20(25)16-28-24-8-4-6-19-5-2-3-7-23(19)24/h2-15,28H,16-17H2,1H3,(H,29,30). The number of carbonyl (C=O) groups excluding carboxylic acids is 1. The van der Waals surface area contributed by atoms with Gasteiger partial charge in [-0.15, -0.1) is 0 Å². The lowest BCUT2D eigenvalue weighted by atomic mass is 10.1. The number of halogens is 1. The van der Waals surface area contributed by atoms with E-state index in [-0.39, 0.29) is 12.5 Å². The molecule has 4 aromatic rings. The lowest BCUT2D eigenvalue weighted by Gasteiger charge is -2.15. The van der Waals surface area contributed by atoms with E-state index in [2.05, 4.69) is 50.8 Å². The van der Waals surface area contributed by atoms with Crippen LogP contribution in [0.2, 0.25) is 0 Å². The van der Waals surface area contributed by atoms with E-state index in [9.17, 15) is 4.79 Å². The van der Waals surface area contributed by atoms with Crippen molar-refractivity contribution in [1.82, 2.24) is 0 Å². The summed E-state index contributed by atoms with van der Waals surface area (Å²) in [5.41, 5.74) is 3.92. The van der Waals surface area contributed by atoms with Crippen molar-refractivity contribution >= 4 is 44.0 Å². The van der Waals surface area contributed by atoms with Gasteiger partial charge in [-0.25, -0.2) is 0 Å². The minimum atomic E-state index is -0.195. The normalized spacial score (nSPS) is 10.6. The molecule has 2 N–H and O–H groups in total. The predicted molar refractivity (Wildman–Crippen MR) is 131 cm³/mol. The lowest BCUT2D eigenvalue weighted by molar-refractivity contribution is -0.118. The molecule has 4 aromatic carbocycles. The number of hydrogen-bond acceptors (Lipinski definition) is 3. The Labute approximate surface area is 190 Å². The van der Waals surface area contributed by atoms with Crippen molar-refractivity contribution in [1.29, 1.82) is 0 Å². The molecule has 0 aliphatic carbocycles. The van der Waals surface area contributed by atoms with Crippen LogP contribution in [0.3, 0.4) is 0 Å². The fourth-order valence-corrected chi connectivity index (χ4v) is 3.78. The van der Waals surface area contributed by atoms with E-state index < -0.39 is 0 Å². The van der Waals surface area contributed by atoms with Crippen LogP contribution in [-0.2, 0) is 11.3 Å². The number of hydrogen-bond donors (Lipinski definition) is 2. The molecule has 0 spiro atoms. The van der Waals surface area contributed by atoms with Gasteiger partial charge in [0.05, 0.1) is 0 Å². The van der Waals surface area contributed by atoms with Crippen LogP contribution in [0.25, 0.3) is 10.8 Å². The third-order valence-electron chi connectivity index (χ3n) is 4.98. The second-order valence-corrected chi connectivity index (χ2v) is 8.25. The van der Waals surface area contributed by atoms with Crippen LogP contribution in [0, 0.1) is 6.92 Å². The Bertz CT molecular complexity index is 1200. The molecule has 1 amide bonds. The SMILES string of the molecule is Cc1ccc(NC(=O)COc2ccc(Br)cc2CNc2cccc3ccccc23)cc1. The summed E-state index contributed by atoms with van der Waals surface area (Å²) >= 11 is 3.53. The number of aryl methyl sites for hydroxylation is 1. The first-order valence-electron chi connectivity index (χ1n) is 10.1. The van der Waals surface area contributed by atoms with Crippen LogP contribution in [0.15, 0.2) is 89.4 Å². The maximum absolute atomic E-state index is 12.3. The highest BCUT2D eigenvalue weighted by atomic mass is 79.9. The summed E-state index contributed by atoms with van der Waals surface area (Å²) in [6.07, 6.45) is 0. The smallest absolute Gasteiger partial charge is 0.262 e. The molecular weight excluding hydrogens is 452 g/mol. The first kappa shape index (κ1) is 20.9. The molecule has 0 bridgehead atoms. The summed E-state index contributed by atoms with van der Waals surface area (Å²) in [5.74, 6) is 0.481. The summed E-state index contributed by atoms with van der Waals surface area (Å²) in [6.45, 7) is 2.52. The highest BCUT2D eigenvalue weighted by Gasteiger charge is 2.09. The fraction of sp³-hybridized carbons (Fsp3) is 0.115. The molecule has 4 rings (SSSR count). The van der Waals surface area contributed by atoms with Gasteiger partial charge in [0, 0.05) is 33.3 Å². The number of ether oxygens (including phenoxy) is 1. The Kier molecular flexibility index (Phi) is 6.53. The van der Waals surface area contributed by atoms with E-state index in [0.717, 1.165) is 27.0 Å². The van der Waals surface area contributed by atoms with Crippen LogP contribution in [0.1, 0.15) is 11.1 Å². The Balaban J connectivity index is 1.43. The van der Waals surface area contributed by atoms with Gasteiger partial charge >= 0.3 is 0 Å². The quantitative estimate of drug-likeness (QED) is 0.319. The molecule has 0 aliphatic heterocycles. The van der Waals surface area contributed by atoms with Crippen LogP contribution in [0.5, 0.6) is 5.75 Å². The van der Waals surface area contributed by atoms with Gasteiger partial charge in [-0.05, 0) is 48.7 Å². The zero-order chi connectivity index (χ0) is 21.6. The van der Waals surface area contributed by atoms with E-state index >= 15 is 0 Å². The van der Waals surface area contributed by atoms with Gasteiger partial charge in [-0.1, -0.05) is 70.0 Å². The molecule has 0 unspecified atom stereocenters. The molecule has 5 heteroatoms. The second-order valence-electron chi connectivity index (χ2n) is 7.34. The summed E-state index contributed by atoms with van der Waals surface area (Å²) in [4.78, 5) is 12.3. The first-order valence-corrected chi connectivity index (χ1v) is 10.9. The maximum atomic E-state index is 12.3. The molecule has 31 heavy (non-hydrogen) atoms. The molecule has 0 heterocycles. The molecule has 0 saturated carbocycles. The zero-order valence-electron chi connectivity index (χ0n) is 17.2. The monoisotopic (exact) mass is 474 g/mol.